The number of alkyl halides is 1. The van der Waals surface area contributed by atoms with Gasteiger partial charge in [-0.15, -0.1) is 11.6 Å². The van der Waals surface area contributed by atoms with Crippen LogP contribution in [0.4, 0.5) is 0 Å². The van der Waals surface area contributed by atoms with Crippen LogP contribution in [0.5, 0.6) is 0 Å². The molecule has 0 unspecified atom stereocenters. The van der Waals surface area contributed by atoms with Crippen molar-refractivity contribution in [1.82, 2.24) is 9.78 Å². The fraction of sp³-hybridized carbons (Fsp3) is 0.308. The fourth-order valence-electron chi connectivity index (χ4n) is 1.89. The number of aromatic nitrogens is 2. The molecule has 0 fully saturated rings. The second-order valence-corrected chi connectivity index (χ2v) is 5.27. The maximum Gasteiger partial charge on any atom is 0.0791 e. The summed E-state index contributed by atoms with van der Waals surface area (Å²) in [6.07, 6.45) is 0. The van der Waals surface area contributed by atoms with Crippen LogP contribution in [0.15, 0.2) is 22.7 Å². The van der Waals surface area contributed by atoms with Crippen LogP contribution in [0.3, 0.4) is 0 Å². The summed E-state index contributed by atoms with van der Waals surface area (Å²) < 4.78 is 2.99. The Balaban J connectivity index is 2.61. The zero-order chi connectivity index (χ0) is 12.6. The van der Waals surface area contributed by atoms with E-state index in [1.165, 1.54) is 5.56 Å². The van der Waals surface area contributed by atoms with Crippen molar-refractivity contribution in [1.29, 1.82) is 0 Å². The van der Waals surface area contributed by atoms with Crippen LogP contribution in [0.25, 0.3) is 5.69 Å². The topological polar surface area (TPSA) is 17.8 Å². The monoisotopic (exact) mass is 312 g/mol. The summed E-state index contributed by atoms with van der Waals surface area (Å²) in [4.78, 5) is 0. The van der Waals surface area contributed by atoms with Gasteiger partial charge in [-0.1, -0.05) is 6.07 Å². The average molecular weight is 314 g/mol. The highest BCUT2D eigenvalue weighted by molar-refractivity contribution is 9.10. The van der Waals surface area contributed by atoms with E-state index in [0.29, 0.717) is 5.88 Å². The Morgan fingerprint density at radius 3 is 2.53 bits per heavy atom. The summed E-state index contributed by atoms with van der Waals surface area (Å²) in [6, 6.07) is 6.24. The van der Waals surface area contributed by atoms with E-state index >= 15 is 0 Å². The van der Waals surface area contributed by atoms with Gasteiger partial charge >= 0.3 is 0 Å². The molecule has 2 rings (SSSR count). The van der Waals surface area contributed by atoms with Gasteiger partial charge in [0.25, 0.3) is 0 Å². The van der Waals surface area contributed by atoms with E-state index in [2.05, 4.69) is 46.2 Å². The van der Waals surface area contributed by atoms with Gasteiger partial charge in [0, 0.05) is 15.7 Å². The predicted octanol–water partition coefficient (Wildman–Crippen LogP) is 4.30. The summed E-state index contributed by atoms with van der Waals surface area (Å²) in [7, 11) is 0. The molecule has 0 radical (unpaired) electrons. The minimum absolute atomic E-state index is 0.501. The van der Waals surface area contributed by atoms with Crippen molar-refractivity contribution in [3.05, 3.63) is 45.2 Å². The van der Waals surface area contributed by atoms with Gasteiger partial charge in [-0.2, -0.15) is 5.10 Å². The van der Waals surface area contributed by atoms with Gasteiger partial charge in [0.2, 0.25) is 0 Å². The van der Waals surface area contributed by atoms with E-state index < -0.39 is 0 Å². The van der Waals surface area contributed by atoms with Crippen molar-refractivity contribution in [3.63, 3.8) is 0 Å². The van der Waals surface area contributed by atoms with Crippen LogP contribution >= 0.6 is 27.5 Å². The van der Waals surface area contributed by atoms with Crippen molar-refractivity contribution in [3.8, 4) is 5.69 Å². The standard InChI is InChI=1S/C13H14BrClN2/c1-8-4-5-13(12(14)6-8)17-10(3)11(7-15)9(2)16-17/h4-6H,7H2,1-3H3. The molecule has 17 heavy (non-hydrogen) atoms. The summed E-state index contributed by atoms with van der Waals surface area (Å²) in [5, 5.41) is 4.54. The van der Waals surface area contributed by atoms with E-state index in [-0.39, 0.29) is 0 Å². The molecule has 90 valence electrons. The highest BCUT2D eigenvalue weighted by Crippen LogP contribution is 2.26. The van der Waals surface area contributed by atoms with Crippen LogP contribution in [-0.2, 0) is 5.88 Å². The van der Waals surface area contributed by atoms with Crippen LogP contribution in [0.2, 0.25) is 0 Å². The SMILES string of the molecule is Cc1ccc(-n2nc(C)c(CCl)c2C)c(Br)c1. The molecule has 2 nitrogen and oxygen atoms in total. The highest BCUT2D eigenvalue weighted by Gasteiger charge is 2.13. The molecule has 0 atom stereocenters. The molecule has 0 N–H and O–H groups in total. The number of hydrogen-bond donors (Lipinski definition) is 0. The first-order valence-corrected chi connectivity index (χ1v) is 6.75. The van der Waals surface area contributed by atoms with Gasteiger partial charge in [0.1, 0.15) is 0 Å². The molecule has 0 bridgehead atoms. The lowest BCUT2D eigenvalue weighted by Crippen LogP contribution is -2.00. The number of rotatable bonds is 2. The smallest absolute Gasteiger partial charge is 0.0791 e. The Morgan fingerprint density at radius 2 is 2.00 bits per heavy atom. The summed E-state index contributed by atoms with van der Waals surface area (Å²) >= 11 is 9.52. The van der Waals surface area contributed by atoms with E-state index in [1.54, 1.807) is 0 Å². The molecule has 0 aliphatic carbocycles. The minimum Gasteiger partial charge on any atom is -0.236 e. The van der Waals surface area contributed by atoms with Crippen LogP contribution in [0.1, 0.15) is 22.5 Å². The number of hydrogen-bond acceptors (Lipinski definition) is 1. The Hall–Kier alpha value is -0.800. The molecule has 0 saturated heterocycles. The van der Waals surface area contributed by atoms with Crippen molar-refractivity contribution in [2.45, 2.75) is 26.7 Å². The Bertz CT molecular complexity index is 561. The van der Waals surface area contributed by atoms with Crippen molar-refractivity contribution in [2.75, 3.05) is 0 Å². The number of nitrogens with zero attached hydrogens (tertiary/aromatic N) is 2. The third-order valence-electron chi connectivity index (χ3n) is 2.91. The van der Waals surface area contributed by atoms with E-state index in [0.717, 1.165) is 27.1 Å². The van der Waals surface area contributed by atoms with Crippen LogP contribution in [0, 0.1) is 20.8 Å². The number of benzene rings is 1. The second kappa shape index (κ2) is 4.83. The molecule has 1 aromatic heterocycles. The first-order valence-electron chi connectivity index (χ1n) is 5.42. The zero-order valence-electron chi connectivity index (χ0n) is 10.1. The molecule has 1 aromatic carbocycles. The second-order valence-electron chi connectivity index (χ2n) is 4.15. The first kappa shape index (κ1) is 12.7. The lowest BCUT2D eigenvalue weighted by atomic mass is 10.2. The highest BCUT2D eigenvalue weighted by atomic mass is 79.9. The zero-order valence-corrected chi connectivity index (χ0v) is 12.4. The average Bonchev–Trinajstić information content (AvgIpc) is 2.54. The Kier molecular flexibility index (Phi) is 3.59. The van der Waals surface area contributed by atoms with Crippen molar-refractivity contribution < 1.29 is 0 Å². The van der Waals surface area contributed by atoms with E-state index in [4.69, 9.17) is 11.6 Å². The minimum atomic E-state index is 0.501. The first-order chi connectivity index (χ1) is 8.04. The molecule has 0 amide bonds. The molecule has 1 heterocycles. The summed E-state index contributed by atoms with van der Waals surface area (Å²) in [6.45, 7) is 6.10. The third kappa shape index (κ3) is 2.26. The molecule has 0 aliphatic heterocycles. The molecule has 0 saturated carbocycles. The van der Waals surface area contributed by atoms with Gasteiger partial charge in [-0.3, -0.25) is 0 Å². The van der Waals surface area contributed by atoms with Gasteiger partial charge in [0.15, 0.2) is 0 Å². The van der Waals surface area contributed by atoms with Gasteiger partial charge < -0.3 is 0 Å². The maximum absolute atomic E-state index is 5.94. The van der Waals surface area contributed by atoms with Gasteiger partial charge in [0.05, 0.1) is 17.3 Å². The van der Waals surface area contributed by atoms with E-state index in [9.17, 15) is 0 Å². The lowest BCUT2D eigenvalue weighted by molar-refractivity contribution is 0.829. The van der Waals surface area contributed by atoms with Gasteiger partial charge in [-0.05, 0) is 54.4 Å². The molecule has 0 aliphatic rings. The molecule has 4 heteroatoms. The normalized spacial score (nSPS) is 10.9. The predicted molar refractivity (Wildman–Crippen MR) is 75.0 cm³/mol. The largest absolute Gasteiger partial charge is 0.236 e. The number of halogens is 2. The van der Waals surface area contributed by atoms with Crippen LogP contribution in [-0.4, -0.2) is 9.78 Å². The fourth-order valence-corrected chi connectivity index (χ4v) is 2.93. The molecule has 2 aromatic rings. The van der Waals surface area contributed by atoms with Crippen molar-refractivity contribution in [2.24, 2.45) is 0 Å². The molecular weight excluding hydrogens is 300 g/mol. The summed E-state index contributed by atoms with van der Waals surface area (Å²) in [5.41, 5.74) is 5.47. The Morgan fingerprint density at radius 1 is 1.29 bits per heavy atom. The molecule has 0 spiro atoms. The third-order valence-corrected chi connectivity index (χ3v) is 3.81. The Labute approximate surface area is 115 Å². The molecular formula is C13H14BrClN2. The summed E-state index contributed by atoms with van der Waals surface area (Å²) in [5.74, 6) is 0.501. The quantitative estimate of drug-likeness (QED) is 0.756. The van der Waals surface area contributed by atoms with Crippen LogP contribution < -0.4 is 0 Å². The van der Waals surface area contributed by atoms with E-state index in [1.807, 2.05) is 18.5 Å². The number of aryl methyl sites for hydroxylation is 2. The van der Waals surface area contributed by atoms with Crippen molar-refractivity contribution >= 4 is 27.5 Å². The maximum atomic E-state index is 5.94. The van der Waals surface area contributed by atoms with Gasteiger partial charge in [-0.25, -0.2) is 4.68 Å². The lowest BCUT2D eigenvalue weighted by Gasteiger charge is -2.08.